The van der Waals surface area contributed by atoms with E-state index in [1.54, 1.807) is 0 Å². The fourth-order valence-electron chi connectivity index (χ4n) is 2.55. The molecule has 0 bridgehead atoms. The zero-order valence-corrected chi connectivity index (χ0v) is 14.0. The number of likely N-dealkylation sites (N-methyl/N-ethyl adjacent to an activating group) is 1. The lowest BCUT2D eigenvalue weighted by Gasteiger charge is -2.17. The molecule has 1 atom stereocenters. The molecule has 2 nitrogen and oxygen atoms in total. The van der Waals surface area contributed by atoms with Gasteiger partial charge in [0.15, 0.2) is 0 Å². The molecule has 1 N–H and O–H groups in total. The van der Waals surface area contributed by atoms with Crippen molar-refractivity contribution < 1.29 is 0 Å². The number of nitrogens with zero attached hydrogens (tertiary/aromatic N) is 1. The summed E-state index contributed by atoms with van der Waals surface area (Å²) in [6.45, 7) is 0. The molecule has 106 valence electrons. The van der Waals surface area contributed by atoms with Crippen LogP contribution in [0.1, 0.15) is 17.2 Å². The fourth-order valence-corrected chi connectivity index (χ4v) is 2.91. The van der Waals surface area contributed by atoms with E-state index in [9.17, 15) is 0 Å². The first-order chi connectivity index (χ1) is 10.3. The van der Waals surface area contributed by atoms with Gasteiger partial charge in [0.05, 0.1) is 5.52 Å². The van der Waals surface area contributed by atoms with Gasteiger partial charge in [0.2, 0.25) is 0 Å². The van der Waals surface area contributed by atoms with Gasteiger partial charge in [0.1, 0.15) is 0 Å². The Labute approximate surface area is 138 Å². The van der Waals surface area contributed by atoms with Gasteiger partial charge in [-0.2, -0.15) is 0 Å². The van der Waals surface area contributed by atoms with Gasteiger partial charge in [0.25, 0.3) is 0 Å². The number of rotatable bonds is 4. The first kappa shape index (κ1) is 14.5. The molecule has 1 aromatic heterocycles. The van der Waals surface area contributed by atoms with Crippen molar-refractivity contribution in [2.45, 2.75) is 12.5 Å². The van der Waals surface area contributed by atoms with E-state index in [-0.39, 0.29) is 0 Å². The molecule has 0 saturated carbocycles. The molecule has 0 aliphatic carbocycles. The number of hydrogen-bond acceptors (Lipinski definition) is 2. The second-order valence-corrected chi connectivity index (χ2v) is 6.37. The lowest BCUT2D eigenvalue weighted by Crippen LogP contribution is -2.18. The summed E-state index contributed by atoms with van der Waals surface area (Å²) in [6.07, 6.45) is 2.82. The highest BCUT2D eigenvalue weighted by atomic mass is 127. The molecule has 0 aliphatic rings. The topological polar surface area (TPSA) is 24.9 Å². The van der Waals surface area contributed by atoms with Crippen molar-refractivity contribution in [3.63, 3.8) is 0 Å². The maximum absolute atomic E-state index is 4.38. The van der Waals surface area contributed by atoms with Crippen LogP contribution in [0.4, 0.5) is 0 Å². The highest BCUT2D eigenvalue weighted by Gasteiger charge is 2.11. The van der Waals surface area contributed by atoms with Crippen LogP contribution < -0.4 is 5.32 Å². The number of fused-ring (bicyclic) bond motifs is 1. The van der Waals surface area contributed by atoms with Crippen LogP contribution >= 0.6 is 22.6 Å². The number of pyridine rings is 1. The van der Waals surface area contributed by atoms with E-state index in [0.29, 0.717) is 6.04 Å². The lowest BCUT2D eigenvalue weighted by molar-refractivity contribution is 0.592. The van der Waals surface area contributed by atoms with Gasteiger partial charge < -0.3 is 5.32 Å². The van der Waals surface area contributed by atoms with E-state index in [4.69, 9.17) is 0 Å². The van der Waals surface area contributed by atoms with Crippen LogP contribution in [0.3, 0.4) is 0 Å². The molecule has 0 fully saturated rings. The molecule has 1 heterocycles. The van der Waals surface area contributed by atoms with Gasteiger partial charge in [0, 0.05) is 21.2 Å². The largest absolute Gasteiger partial charge is 0.313 e. The quantitative estimate of drug-likeness (QED) is 0.673. The minimum absolute atomic E-state index is 0.315. The number of aromatic nitrogens is 1. The van der Waals surface area contributed by atoms with Crippen molar-refractivity contribution in [2.24, 2.45) is 0 Å². The molecule has 1 unspecified atom stereocenters. The van der Waals surface area contributed by atoms with Crippen LogP contribution in [-0.2, 0) is 6.42 Å². The Hall–Kier alpha value is -1.46. The minimum atomic E-state index is 0.315. The zero-order chi connectivity index (χ0) is 14.7. The van der Waals surface area contributed by atoms with Gasteiger partial charge in [-0.05, 0) is 77.5 Å². The third-order valence-corrected chi connectivity index (χ3v) is 4.45. The second-order valence-electron chi connectivity index (χ2n) is 5.13. The Morgan fingerprint density at radius 3 is 2.67 bits per heavy atom. The minimum Gasteiger partial charge on any atom is -0.313 e. The summed E-state index contributed by atoms with van der Waals surface area (Å²) in [7, 11) is 2.02. The zero-order valence-electron chi connectivity index (χ0n) is 11.9. The number of hydrogen-bond donors (Lipinski definition) is 1. The van der Waals surface area contributed by atoms with E-state index in [1.165, 1.54) is 20.1 Å². The van der Waals surface area contributed by atoms with Crippen LogP contribution in [-0.4, -0.2) is 12.0 Å². The normalized spacial score (nSPS) is 12.5. The van der Waals surface area contributed by atoms with E-state index in [0.717, 1.165) is 11.9 Å². The standard InChI is InChI=1S/C18H17IN2/c1-20-18(11-13-4-7-16(19)8-5-13)15-6-9-17-14(12-15)3-2-10-21-17/h2-10,12,18,20H,11H2,1H3. The molecular weight excluding hydrogens is 371 g/mol. The fraction of sp³-hybridized carbons (Fsp3) is 0.167. The van der Waals surface area contributed by atoms with Crippen LogP contribution in [0.5, 0.6) is 0 Å². The summed E-state index contributed by atoms with van der Waals surface area (Å²) in [4.78, 5) is 4.38. The predicted molar refractivity (Wildman–Crippen MR) is 96.4 cm³/mol. The molecule has 3 aromatic rings. The predicted octanol–water partition coefficient (Wildman–Crippen LogP) is 4.34. The SMILES string of the molecule is CNC(Cc1ccc(I)cc1)c1ccc2ncccc2c1. The molecule has 0 saturated heterocycles. The van der Waals surface area contributed by atoms with E-state index in [2.05, 4.69) is 81.4 Å². The Morgan fingerprint density at radius 1 is 1.10 bits per heavy atom. The third kappa shape index (κ3) is 3.41. The van der Waals surface area contributed by atoms with Gasteiger partial charge in [-0.1, -0.05) is 24.3 Å². The molecule has 0 amide bonds. The van der Waals surface area contributed by atoms with E-state index in [1.807, 2.05) is 19.3 Å². The molecule has 3 heteroatoms. The van der Waals surface area contributed by atoms with Crippen LogP contribution in [0.25, 0.3) is 10.9 Å². The Kier molecular flexibility index (Phi) is 4.51. The first-order valence-corrected chi connectivity index (χ1v) is 8.10. The molecule has 21 heavy (non-hydrogen) atoms. The van der Waals surface area contributed by atoms with Crippen molar-refractivity contribution in [3.8, 4) is 0 Å². The first-order valence-electron chi connectivity index (χ1n) is 7.02. The Balaban J connectivity index is 1.88. The van der Waals surface area contributed by atoms with Gasteiger partial charge in [-0.15, -0.1) is 0 Å². The van der Waals surface area contributed by atoms with Gasteiger partial charge in [-0.3, -0.25) is 4.98 Å². The average molecular weight is 388 g/mol. The summed E-state index contributed by atoms with van der Waals surface area (Å²) < 4.78 is 1.27. The molecule has 0 aliphatic heterocycles. The molecule has 0 radical (unpaired) electrons. The molecule has 0 spiro atoms. The van der Waals surface area contributed by atoms with E-state index < -0.39 is 0 Å². The van der Waals surface area contributed by atoms with Gasteiger partial charge >= 0.3 is 0 Å². The summed E-state index contributed by atoms with van der Waals surface area (Å²) in [5, 5.41) is 4.62. The summed E-state index contributed by atoms with van der Waals surface area (Å²) in [6, 6.07) is 19.6. The highest BCUT2D eigenvalue weighted by Crippen LogP contribution is 2.22. The van der Waals surface area contributed by atoms with Crippen molar-refractivity contribution >= 4 is 33.5 Å². The lowest BCUT2D eigenvalue weighted by atomic mass is 9.98. The summed E-state index contributed by atoms with van der Waals surface area (Å²) in [5.74, 6) is 0. The smallest absolute Gasteiger partial charge is 0.0702 e. The van der Waals surface area contributed by atoms with Gasteiger partial charge in [-0.25, -0.2) is 0 Å². The summed E-state index contributed by atoms with van der Waals surface area (Å²) >= 11 is 2.34. The summed E-state index contributed by atoms with van der Waals surface area (Å²) in [5.41, 5.74) is 3.70. The number of nitrogens with one attached hydrogen (secondary N) is 1. The van der Waals surface area contributed by atoms with Crippen molar-refractivity contribution in [3.05, 3.63) is 75.5 Å². The Morgan fingerprint density at radius 2 is 1.90 bits per heavy atom. The van der Waals surface area contributed by atoms with Crippen molar-refractivity contribution in [2.75, 3.05) is 7.05 Å². The maximum Gasteiger partial charge on any atom is 0.0702 e. The third-order valence-electron chi connectivity index (χ3n) is 3.73. The van der Waals surface area contributed by atoms with Crippen LogP contribution in [0.15, 0.2) is 60.8 Å². The maximum atomic E-state index is 4.38. The van der Waals surface area contributed by atoms with Crippen molar-refractivity contribution in [1.29, 1.82) is 0 Å². The van der Waals surface area contributed by atoms with Crippen LogP contribution in [0, 0.1) is 3.57 Å². The second kappa shape index (κ2) is 6.54. The molecular formula is C18H17IN2. The average Bonchev–Trinajstić information content (AvgIpc) is 2.54. The number of halogens is 1. The molecule has 3 rings (SSSR count). The van der Waals surface area contributed by atoms with Crippen molar-refractivity contribution in [1.82, 2.24) is 10.3 Å². The highest BCUT2D eigenvalue weighted by molar-refractivity contribution is 14.1. The van der Waals surface area contributed by atoms with Crippen LogP contribution in [0.2, 0.25) is 0 Å². The Bertz CT molecular complexity index is 738. The monoisotopic (exact) mass is 388 g/mol. The van der Waals surface area contributed by atoms with E-state index >= 15 is 0 Å². The molecule has 2 aromatic carbocycles. The number of benzene rings is 2.